The van der Waals surface area contributed by atoms with Crippen LogP contribution >= 0.6 is 0 Å². The highest BCUT2D eigenvalue weighted by Crippen LogP contribution is 2.20. The minimum atomic E-state index is -0.795. The Bertz CT molecular complexity index is 472. The molecule has 0 aliphatic carbocycles. The summed E-state index contributed by atoms with van der Waals surface area (Å²) in [6, 6.07) is 3.91. The summed E-state index contributed by atoms with van der Waals surface area (Å²) in [6.45, 7) is 5.30. The first-order chi connectivity index (χ1) is 9.21. The van der Waals surface area contributed by atoms with Crippen LogP contribution in [0.25, 0.3) is 0 Å². The predicted molar refractivity (Wildman–Crippen MR) is 75.0 cm³/mol. The van der Waals surface area contributed by atoms with Gasteiger partial charge in [0.2, 0.25) is 0 Å². The monoisotopic (exact) mass is 284 g/mol. The molecule has 0 aliphatic heterocycles. The van der Waals surface area contributed by atoms with Gasteiger partial charge in [0.15, 0.2) is 0 Å². The highest BCUT2D eigenvalue weighted by Gasteiger charge is 2.18. The lowest BCUT2D eigenvalue weighted by Crippen LogP contribution is -2.28. The first kappa shape index (κ1) is 16.4. The van der Waals surface area contributed by atoms with E-state index in [1.807, 2.05) is 0 Å². The molecule has 0 saturated carbocycles. The van der Waals surface area contributed by atoms with E-state index in [9.17, 15) is 14.3 Å². The number of ether oxygens (including phenoxy) is 1. The Morgan fingerprint density at radius 2 is 2.15 bits per heavy atom. The van der Waals surface area contributed by atoms with E-state index in [0.29, 0.717) is 11.3 Å². The molecule has 0 bridgehead atoms. The summed E-state index contributed by atoms with van der Waals surface area (Å²) in [5, 5.41) is 12.1. The molecule has 1 amide bonds. The van der Waals surface area contributed by atoms with Crippen LogP contribution in [0, 0.1) is 5.82 Å². The van der Waals surface area contributed by atoms with E-state index in [0.717, 1.165) is 0 Å². The molecule has 5 nitrogen and oxygen atoms in total. The number of rotatable bonds is 4. The van der Waals surface area contributed by atoms with Crippen LogP contribution in [0.3, 0.4) is 0 Å². The van der Waals surface area contributed by atoms with Crippen LogP contribution in [0.5, 0.6) is 0 Å². The normalized spacial score (nSPS) is 12.9. The average molecular weight is 284 g/mol. The van der Waals surface area contributed by atoms with Gasteiger partial charge in [0.1, 0.15) is 11.4 Å². The maximum Gasteiger partial charge on any atom is 0.412 e. The highest BCUT2D eigenvalue weighted by molar-refractivity contribution is 5.86. The lowest BCUT2D eigenvalue weighted by molar-refractivity contribution is 0.0635. The number of hydrogen-bond acceptors (Lipinski definition) is 4. The Balaban J connectivity index is 2.86. The first-order valence-corrected chi connectivity index (χ1v) is 6.38. The van der Waals surface area contributed by atoms with Crippen molar-refractivity contribution in [3.05, 3.63) is 29.6 Å². The largest absolute Gasteiger partial charge is 0.444 e. The molecule has 1 atom stereocenters. The maximum atomic E-state index is 13.3. The molecule has 1 aromatic carbocycles. The number of aliphatic hydroxyl groups excluding tert-OH is 1. The quantitative estimate of drug-likeness (QED) is 0.790. The zero-order chi connectivity index (χ0) is 15.3. The van der Waals surface area contributed by atoms with E-state index in [-0.39, 0.29) is 13.0 Å². The van der Waals surface area contributed by atoms with Crippen LogP contribution in [-0.4, -0.2) is 29.4 Å². The fourth-order valence-corrected chi connectivity index (χ4v) is 1.60. The number of nitrogens with two attached hydrogens (primary N) is 1. The topological polar surface area (TPSA) is 84.6 Å². The summed E-state index contributed by atoms with van der Waals surface area (Å²) in [6.07, 6.45) is -1.28. The number of halogens is 1. The zero-order valence-corrected chi connectivity index (χ0v) is 11.9. The van der Waals surface area contributed by atoms with Gasteiger partial charge in [0, 0.05) is 18.7 Å². The second-order valence-corrected chi connectivity index (χ2v) is 5.52. The number of hydrogen-bond donors (Lipinski definition) is 3. The summed E-state index contributed by atoms with van der Waals surface area (Å²) in [7, 11) is 0. The molecular weight excluding hydrogens is 263 g/mol. The Labute approximate surface area is 117 Å². The molecule has 0 saturated heterocycles. The van der Waals surface area contributed by atoms with Crippen molar-refractivity contribution in [2.75, 3.05) is 11.9 Å². The Morgan fingerprint density at radius 3 is 2.70 bits per heavy atom. The van der Waals surface area contributed by atoms with Crippen LogP contribution in [0.4, 0.5) is 14.9 Å². The molecule has 0 fully saturated rings. The lowest BCUT2D eigenvalue weighted by atomic mass is 10.1. The number of aliphatic hydroxyl groups is 1. The molecule has 0 aromatic heterocycles. The Hall–Kier alpha value is -1.66. The molecule has 0 heterocycles. The fourth-order valence-electron chi connectivity index (χ4n) is 1.60. The molecule has 1 aromatic rings. The highest BCUT2D eigenvalue weighted by atomic mass is 19.1. The van der Waals surface area contributed by atoms with Crippen molar-refractivity contribution in [2.24, 2.45) is 5.73 Å². The fraction of sp³-hybridized carbons (Fsp3) is 0.500. The van der Waals surface area contributed by atoms with Crippen molar-refractivity contribution in [3.63, 3.8) is 0 Å². The molecule has 0 spiro atoms. The van der Waals surface area contributed by atoms with Crippen LogP contribution in [0.15, 0.2) is 18.2 Å². The number of anilines is 1. The summed E-state index contributed by atoms with van der Waals surface area (Å²) in [5.41, 5.74) is 5.58. The first-order valence-electron chi connectivity index (χ1n) is 6.38. The number of nitrogens with one attached hydrogen (secondary N) is 1. The minimum Gasteiger partial charge on any atom is -0.444 e. The second kappa shape index (κ2) is 6.67. The lowest BCUT2D eigenvalue weighted by Gasteiger charge is -2.21. The number of benzene rings is 1. The summed E-state index contributed by atoms with van der Waals surface area (Å²) < 4.78 is 18.4. The van der Waals surface area contributed by atoms with Crippen molar-refractivity contribution in [2.45, 2.75) is 38.9 Å². The number of amides is 1. The summed E-state index contributed by atoms with van der Waals surface area (Å²) in [4.78, 5) is 11.7. The van der Waals surface area contributed by atoms with E-state index < -0.39 is 23.6 Å². The third-order valence-electron chi connectivity index (χ3n) is 2.43. The molecule has 0 aliphatic rings. The van der Waals surface area contributed by atoms with Gasteiger partial charge in [0.05, 0.1) is 6.10 Å². The van der Waals surface area contributed by atoms with Gasteiger partial charge in [-0.05, 0) is 44.5 Å². The van der Waals surface area contributed by atoms with Crippen LogP contribution < -0.4 is 11.1 Å². The molecule has 20 heavy (non-hydrogen) atoms. The van der Waals surface area contributed by atoms with E-state index >= 15 is 0 Å². The second-order valence-electron chi connectivity index (χ2n) is 5.52. The zero-order valence-electron chi connectivity index (χ0n) is 11.9. The molecule has 0 radical (unpaired) electrons. The van der Waals surface area contributed by atoms with Crippen LogP contribution in [-0.2, 0) is 11.2 Å². The van der Waals surface area contributed by atoms with Gasteiger partial charge in [-0.25, -0.2) is 9.18 Å². The predicted octanol–water partition coefficient (Wildman–Crippen LogP) is 2.03. The van der Waals surface area contributed by atoms with E-state index in [1.165, 1.54) is 18.2 Å². The van der Waals surface area contributed by atoms with Gasteiger partial charge < -0.3 is 15.6 Å². The van der Waals surface area contributed by atoms with Crippen molar-refractivity contribution >= 4 is 11.8 Å². The van der Waals surface area contributed by atoms with Crippen LogP contribution in [0.2, 0.25) is 0 Å². The molecule has 4 N–H and O–H groups in total. The summed E-state index contributed by atoms with van der Waals surface area (Å²) >= 11 is 0. The van der Waals surface area contributed by atoms with E-state index in [1.54, 1.807) is 20.8 Å². The smallest absolute Gasteiger partial charge is 0.412 e. The van der Waals surface area contributed by atoms with Crippen molar-refractivity contribution in [3.8, 4) is 0 Å². The molecular formula is C14H21FN2O3. The van der Waals surface area contributed by atoms with Crippen molar-refractivity contribution in [1.29, 1.82) is 0 Å². The molecule has 1 unspecified atom stereocenters. The van der Waals surface area contributed by atoms with Gasteiger partial charge in [-0.2, -0.15) is 0 Å². The maximum absolute atomic E-state index is 13.3. The third kappa shape index (κ3) is 5.54. The average Bonchev–Trinajstić information content (AvgIpc) is 2.30. The summed E-state index contributed by atoms with van der Waals surface area (Å²) in [5.74, 6) is -0.445. The van der Waals surface area contributed by atoms with Gasteiger partial charge in [-0.15, -0.1) is 0 Å². The Kier molecular flexibility index (Phi) is 5.47. The standard InChI is InChI=1S/C14H21FN2O3/c1-14(2,3)20-13(19)17-12-5-4-10(15)6-9(12)7-11(18)8-16/h4-6,11,18H,7-8,16H2,1-3H3,(H,17,19). The molecule has 1 rings (SSSR count). The molecule has 112 valence electrons. The van der Waals surface area contributed by atoms with Gasteiger partial charge in [-0.1, -0.05) is 0 Å². The molecule has 6 heteroatoms. The number of carbonyl (C=O) groups excluding carboxylic acids is 1. The minimum absolute atomic E-state index is 0.0579. The van der Waals surface area contributed by atoms with Crippen molar-refractivity contribution in [1.82, 2.24) is 0 Å². The van der Waals surface area contributed by atoms with Gasteiger partial charge >= 0.3 is 6.09 Å². The SMILES string of the molecule is CC(C)(C)OC(=O)Nc1ccc(F)cc1CC(O)CN. The van der Waals surface area contributed by atoms with Crippen molar-refractivity contribution < 1.29 is 19.0 Å². The van der Waals surface area contributed by atoms with E-state index in [4.69, 9.17) is 10.5 Å². The van der Waals surface area contributed by atoms with Gasteiger partial charge in [-0.3, -0.25) is 5.32 Å². The Morgan fingerprint density at radius 1 is 1.50 bits per heavy atom. The van der Waals surface area contributed by atoms with Crippen LogP contribution in [0.1, 0.15) is 26.3 Å². The third-order valence-corrected chi connectivity index (χ3v) is 2.43. The van der Waals surface area contributed by atoms with E-state index in [2.05, 4.69) is 5.32 Å². The number of carbonyl (C=O) groups is 1. The van der Waals surface area contributed by atoms with Gasteiger partial charge in [0.25, 0.3) is 0 Å².